The minimum atomic E-state index is -0.108. The third kappa shape index (κ3) is 8.96. The molecule has 11 nitrogen and oxygen atoms in total. The summed E-state index contributed by atoms with van der Waals surface area (Å²) in [6, 6.07) is 12.4. The number of nitrogens with zero attached hydrogens (tertiary/aromatic N) is 6. The van der Waals surface area contributed by atoms with Gasteiger partial charge in [-0.3, -0.25) is 28.8 Å². The number of nitrogens with one attached hydrogen (secondary N) is 2. The van der Waals surface area contributed by atoms with Crippen molar-refractivity contribution < 1.29 is 14.3 Å². The van der Waals surface area contributed by atoms with Crippen LogP contribution in [0.2, 0.25) is 0 Å². The summed E-state index contributed by atoms with van der Waals surface area (Å²) < 4.78 is 8.85. The second-order valence-electron chi connectivity index (χ2n) is 13.1. The summed E-state index contributed by atoms with van der Waals surface area (Å²) in [6.07, 6.45) is 11.1. The van der Waals surface area contributed by atoms with Crippen LogP contribution in [0.3, 0.4) is 0 Å². The number of carbonyl (C=O) groups excluding carboxylic acids is 2. The summed E-state index contributed by atoms with van der Waals surface area (Å²) in [5, 5.41) is 14.7. The number of rotatable bonds is 12. The van der Waals surface area contributed by atoms with E-state index in [0.29, 0.717) is 23.1 Å². The molecular formula is C37H50N8O3. The zero-order valence-electron chi connectivity index (χ0n) is 29.2. The molecule has 0 bridgehead atoms. The second kappa shape index (κ2) is 16.2. The van der Waals surface area contributed by atoms with Crippen LogP contribution >= 0.6 is 0 Å². The average molecular weight is 655 g/mol. The fraction of sp³-hybridized carbons (Fsp3) is 0.486. The first kappa shape index (κ1) is 35.0. The second-order valence-corrected chi connectivity index (χ2v) is 13.1. The molecule has 0 radical (unpaired) electrons. The van der Waals surface area contributed by atoms with Crippen molar-refractivity contribution in [1.29, 1.82) is 0 Å². The molecule has 4 heterocycles. The zero-order chi connectivity index (χ0) is 34.2. The first-order valence-corrected chi connectivity index (χ1v) is 17.1. The molecule has 1 aliphatic carbocycles. The van der Waals surface area contributed by atoms with Gasteiger partial charge in [0.1, 0.15) is 5.82 Å². The lowest BCUT2D eigenvalue weighted by Gasteiger charge is -2.24. The van der Waals surface area contributed by atoms with E-state index in [2.05, 4.69) is 56.7 Å². The molecule has 2 amide bonds. The molecule has 48 heavy (non-hydrogen) atoms. The standard InChI is InChI=1S/C19H26N4O2.C18H24N4O/c1-14-11-20-22(2)18(14)21-19(24)16-7-4-6-15(10-16)12-23-9-5-8-17(23)13-25-3;1-4-9-22-11-15(13(3)21-22)18(23)20-17(14-5-6-14)16-10-12(2)7-8-19-16/h4,6-7,10-11,17H,5,8-9,12-13H2,1-3H3,(H,21,24);7-8,10-11,14,17H,4-6,9H2,1-3H3,(H,20,23)/t17-;/m0./s1. The van der Waals surface area contributed by atoms with Gasteiger partial charge >= 0.3 is 0 Å². The van der Waals surface area contributed by atoms with E-state index in [1.165, 1.54) is 18.4 Å². The number of carbonyl (C=O) groups is 2. The summed E-state index contributed by atoms with van der Waals surface area (Å²) in [5.74, 6) is 1.07. The van der Waals surface area contributed by atoms with Gasteiger partial charge in [0.15, 0.2) is 0 Å². The quantitative estimate of drug-likeness (QED) is 0.199. The Morgan fingerprint density at radius 1 is 1.08 bits per heavy atom. The number of hydrogen-bond donors (Lipinski definition) is 2. The number of amides is 2. The van der Waals surface area contributed by atoms with Crippen molar-refractivity contribution in [2.45, 2.75) is 85.0 Å². The van der Waals surface area contributed by atoms with E-state index in [9.17, 15) is 9.59 Å². The Bertz CT molecular complexity index is 1670. The smallest absolute Gasteiger partial charge is 0.256 e. The fourth-order valence-corrected chi connectivity index (χ4v) is 6.33. The molecule has 1 unspecified atom stereocenters. The van der Waals surface area contributed by atoms with Crippen molar-refractivity contribution in [1.82, 2.24) is 34.8 Å². The number of ether oxygens (including phenoxy) is 1. The molecule has 256 valence electrons. The molecule has 2 atom stereocenters. The minimum Gasteiger partial charge on any atom is -0.383 e. The Hall–Kier alpha value is -4.35. The van der Waals surface area contributed by atoms with Crippen molar-refractivity contribution in [3.05, 3.63) is 94.2 Å². The molecule has 2 fully saturated rings. The van der Waals surface area contributed by atoms with E-state index in [4.69, 9.17) is 4.74 Å². The van der Waals surface area contributed by atoms with Gasteiger partial charge in [-0.2, -0.15) is 10.2 Å². The molecule has 6 rings (SSSR count). The number of benzene rings is 1. The van der Waals surface area contributed by atoms with Gasteiger partial charge in [-0.1, -0.05) is 19.1 Å². The van der Waals surface area contributed by atoms with Gasteiger partial charge in [-0.15, -0.1) is 0 Å². The van der Waals surface area contributed by atoms with Crippen molar-refractivity contribution in [2.24, 2.45) is 13.0 Å². The molecule has 1 saturated carbocycles. The summed E-state index contributed by atoms with van der Waals surface area (Å²) in [5.41, 5.74) is 6.34. The Morgan fingerprint density at radius 3 is 2.58 bits per heavy atom. The first-order valence-electron chi connectivity index (χ1n) is 17.1. The number of hydrogen-bond acceptors (Lipinski definition) is 7. The maximum absolute atomic E-state index is 12.7. The van der Waals surface area contributed by atoms with E-state index < -0.39 is 0 Å². The lowest BCUT2D eigenvalue weighted by Crippen LogP contribution is -2.32. The topological polar surface area (TPSA) is 119 Å². The highest BCUT2D eigenvalue weighted by Crippen LogP contribution is 2.40. The Kier molecular flexibility index (Phi) is 11.8. The maximum atomic E-state index is 12.7. The highest BCUT2D eigenvalue weighted by atomic mass is 16.5. The molecule has 0 spiro atoms. The SMILES string of the molecule is CCCn1cc(C(=O)NC(c2cc(C)ccn2)C2CC2)c(C)n1.COC[C@@H]1CCCN1Cc1cccc(C(=O)Nc2c(C)cnn2C)c1. The van der Waals surface area contributed by atoms with Crippen LogP contribution in [-0.2, 0) is 24.9 Å². The third-order valence-corrected chi connectivity index (χ3v) is 9.07. The van der Waals surface area contributed by atoms with E-state index >= 15 is 0 Å². The van der Waals surface area contributed by atoms with Gasteiger partial charge < -0.3 is 15.4 Å². The number of aromatic nitrogens is 5. The Morgan fingerprint density at radius 2 is 1.90 bits per heavy atom. The predicted molar refractivity (Wildman–Crippen MR) is 187 cm³/mol. The molecule has 3 aromatic heterocycles. The van der Waals surface area contributed by atoms with Gasteiger partial charge in [0.05, 0.1) is 35.8 Å². The van der Waals surface area contributed by atoms with Gasteiger partial charge in [-0.25, -0.2) is 0 Å². The summed E-state index contributed by atoms with van der Waals surface area (Å²) >= 11 is 0. The van der Waals surface area contributed by atoms with Gasteiger partial charge in [-0.05, 0) is 101 Å². The summed E-state index contributed by atoms with van der Waals surface area (Å²) in [4.78, 5) is 32.2. The van der Waals surface area contributed by atoms with E-state index in [1.807, 2.05) is 62.2 Å². The van der Waals surface area contributed by atoms with Crippen LogP contribution in [0.5, 0.6) is 0 Å². The lowest BCUT2D eigenvalue weighted by atomic mass is 10.1. The molecule has 11 heteroatoms. The predicted octanol–water partition coefficient (Wildman–Crippen LogP) is 5.78. The first-order chi connectivity index (χ1) is 23.2. The highest BCUT2D eigenvalue weighted by Gasteiger charge is 2.35. The number of pyridine rings is 1. The normalized spacial score (nSPS) is 16.7. The number of likely N-dealkylation sites (tertiary alicyclic amines) is 1. The minimum absolute atomic E-state index is 0.00340. The van der Waals surface area contributed by atoms with Crippen molar-refractivity contribution in [2.75, 3.05) is 25.6 Å². The van der Waals surface area contributed by atoms with E-state index in [0.717, 1.165) is 73.8 Å². The largest absolute Gasteiger partial charge is 0.383 e. The molecular weight excluding hydrogens is 604 g/mol. The highest BCUT2D eigenvalue weighted by molar-refractivity contribution is 6.04. The van der Waals surface area contributed by atoms with Crippen LogP contribution in [0.4, 0.5) is 5.82 Å². The van der Waals surface area contributed by atoms with Gasteiger partial charge in [0, 0.05) is 56.8 Å². The molecule has 2 aliphatic rings. The third-order valence-electron chi connectivity index (χ3n) is 9.07. The summed E-state index contributed by atoms with van der Waals surface area (Å²) in [6.45, 7) is 11.5. The number of aryl methyl sites for hydroxylation is 5. The van der Waals surface area contributed by atoms with Crippen LogP contribution in [0.15, 0.2) is 55.0 Å². The van der Waals surface area contributed by atoms with Crippen LogP contribution in [-0.4, -0.2) is 67.6 Å². The van der Waals surface area contributed by atoms with Crippen LogP contribution in [0.25, 0.3) is 0 Å². The van der Waals surface area contributed by atoms with E-state index in [-0.39, 0.29) is 17.9 Å². The number of anilines is 1. The Labute approximate surface area is 284 Å². The molecule has 2 N–H and O–H groups in total. The zero-order valence-corrected chi connectivity index (χ0v) is 29.2. The van der Waals surface area contributed by atoms with Crippen LogP contribution < -0.4 is 10.6 Å². The van der Waals surface area contributed by atoms with Crippen molar-refractivity contribution >= 4 is 17.6 Å². The maximum Gasteiger partial charge on any atom is 0.256 e. The number of methoxy groups -OCH3 is 1. The van der Waals surface area contributed by atoms with Crippen molar-refractivity contribution in [3.63, 3.8) is 0 Å². The average Bonchev–Trinajstić information content (AvgIpc) is 3.60. The van der Waals surface area contributed by atoms with Crippen molar-refractivity contribution in [3.8, 4) is 0 Å². The monoisotopic (exact) mass is 654 g/mol. The molecule has 4 aromatic rings. The molecule has 1 aliphatic heterocycles. The van der Waals surface area contributed by atoms with E-state index in [1.54, 1.807) is 18.0 Å². The Balaban J connectivity index is 0.000000188. The summed E-state index contributed by atoms with van der Waals surface area (Å²) in [7, 11) is 3.57. The van der Waals surface area contributed by atoms with Crippen LogP contribution in [0.1, 0.15) is 93.9 Å². The molecule has 1 saturated heterocycles. The van der Waals surface area contributed by atoms with Gasteiger partial charge in [0.2, 0.25) is 0 Å². The lowest BCUT2D eigenvalue weighted by molar-refractivity contribution is 0.0929. The fourth-order valence-electron chi connectivity index (χ4n) is 6.33. The van der Waals surface area contributed by atoms with Crippen LogP contribution in [0, 0.1) is 26.7 Å². The van der Waals surface area contributed by atoms with Gasteiger partial charge in [0.25, 0.3) is 11.8 Å². The molecule has 1 aromatic carbocycles.